The molecule has 1 aromatic rings. The SMILES string of the molecule is CC(C)NC(N)=NCC1CCN(Cc2ccccc2Cl)CC1.I. The van der Waals surface area contributed by atoms with Gasteiger partial charge in [-0.15, -0.1) is 24.0 Å². The standard InChI is InChI=1S/C17H27ClN4.HI/c1-13(2)21-17(19)20-11-14-7-9-22(10-8-14)12-15-5-3-4-6-16(15)18;/h3-6,13-14H,7-12H2,1-2H3,(H3,19,20,21);1H. The van der Waals surface area contributed by atoms with E-state index >= 15 is 0 Å². The Hall–Kier alpha value is -0.530. The molecule has 0 bridgehead atoms. The Morgan fingerprint density at radius 1 is 1.35 bits per heavy atom. The first-order chi connectivity index (χ1) is 10.5. The molecule has 1 aliphatic rings. The minimum Gasteiger partial charge on any atom is -0.370 e. The number of rotatable bonds is 5. The summed E-state index contributed by atoms with van der Waals surface area (Å²) >= 11 is 6.23. The Kier molecular flexibility index (Phi) is 9.24. The molecule has 2 rings (SSSR count). The first kappa shape index (κ1) is 20.5. The van der Waals surface area contributed by atoms with Crippen LogP contribution in [-0.2, 0) is 6.54 Å². The van der Waals surface area contributed by atoms with E-state index in [9.17, 15) is 0 Å². The molecule has 1 heterocycles. The summed E-state index contributed by atoms with van der Waals surface area (Å²) in [6, 6.07) is 8.43. The highest BCUT2D eigenvalue weighted by atomic mass is 127. The summed E-state index contributed by atoms with van der Waals surface area (Å²) in [5.74, 6) is 1.20. The number of hydrogen-bond acceptors (Lipinski definition) is 2. The third kappa shape index (κ3) is 7.27. The molecule has 3 N–H and O–H groups in total. The maximum Gasteiger partial charge on any atom is 0.188 e. The second kappa shape index (κ2) is 10.4. The van der Waals surface area contributed by atoms with Crippen LogP contribution in [0.4, 0.5) is 0 Å². The van der Waals surface area contributed by atoms with Crippen LogP contribution in [0.25, 0.3) is 0 Å². The molecule has 130 valence electrons. The second-order valence-electron chi connectivity index (χ2n) is 6.34. The molecule has 1 fully saturated rings. The molecule has 0 amide bonds. The van der Waals surface area contributed by atoms with Crippen LogP contribution in [0.2, 0.25) is 5.02 Å². The minimum absolute atomic E-state index is 0. The molecule has 0 spiro atoms. The average molecular weight is 451 g/mol. The largest absolute Gasteiger partial charge is 0.370 e. The lowest BCUT2D eigenvalue weighted by Crippen LogP contribution is -2.38. The summed E-state index contributed by atoms with van der Waals surface area (Å²) in [4.78, 5) is 6.92. The summed E-state index contributed by atoms with van der Waals surface area (Å²) in [6.07, 6.45) is 2.34. The summed E-state index contributed by atoms with van der Waals surface area (Å²) in [7, 11) is 0. The fourth-order valence-electron chi connectivity index (χ4n) is 2.76. The van der Waals surface area contributed by atoms with Crippen LogP contribution in [0.5, 0.6) is 0 Å². The van der Waals surface area contributed by atoms with Crippen molar-refractivity contribution in [3.63, 3.8) is 0 Å². The number of nitrogens with two attached hydrogens (primary N) is 1. The van der Waals surface area contributed by atoms with Crippen LogP contribution < -0.4 is 11.1 Å². The number of nitrogens with one attached hydrogen (secondary N) is 1. The van der Waals surface area contributed by atoms with Crippen molar-refractivity contribution in [2.24, 2.45) is 16.6 Å². The number of guanidine groups is 1. The molecule has 1 saturated heterocycles. The predicted molar refractivity (Wildman–Crippen MR) is 110 cm³/mol. The van der Waals surface area contributed by atoms with Crippen molar-refractivity contribution in [3.05, 3.63) is 34.9 Å². The summed E-state index contributed by atoms with van der Waals surface area (Å²) in [5, 5.41) is 4.00. The van der Waals surface area contributed by atoms with Crippen molar-refractivity contribution >= 4 is 41.5 Å². The lowest BCUT2D eigenvalue weighted by molar-refractivity contribution is 0.180. The second-order valence-corrected chi connectivity index (χ2v) is 6.74. The van der Waals surface area contributed by atoms with Gasteiger partial charge in [-0.25, -0.2) is 0 Å². The van der Waals surface area contributed by atoms with E-state index in [2.05, 4.69) is 35.1 Å². The summed E-state index contributed by atoms with van der Waals surface area (Å²) in [6.45, 7) is 8.09. The average Bonchev–Trinajstić information content (AvgIpc) is 2.48. The number of nitrogens with zero attached hydrogens (tertiary/aromatic N) is 2. The quantitative estimate of drug-likeness (QED) is 0.410. The van der Waals surface area contributed by atoms with Crippen molar-refractivity contribution < 1.29 is 0 Å². The fourth-order valence-corrected chi connectivity index (χ4v) is 2.96. The molecule has 0 unspecified atom stereocenters. The Balaban J connectivity index is 0.00000264. The first-order valence-electron chi connectivity index (χ1n) is 8.07. The van der Waals surface area contributed by atoms with Crippen molar-refractivity contribution in [2.45, 2.75) is 39.3 Å². The van der Waals surface area contributed by atoms with Gasteiger partial charge in [-0.1, -0.05) is 29.8 Å². The van der Waals surface area contributed by atoms with E-state index in [1.165, 1.54) is 18.4 Å². The zero-order chi connectivity index (χ0) is 15.9. The van der Waals surface area contributed by atoms with Gasteiger partial charge in [-0.05, 0) is 57.3 Å². The Bertz CT molecular complexity index is 499. The molecule has 23 heavy (non-hydrogen) atoms. The zero-order valence-corrected chi connectivity index (χ0v) is 17.1. The lowest BCUT2D eigenvalue weighted by Gasteiger charge is -2.31. The van der Waals surface area contributed by atoms with Crippen LogP contribution in [0.15, 0.2) is 29.3 Å². The van der Waals surface area contributed by atoms with Gasteiger partial charge in [-0.2, -0.15) is 0 Å². The third-order valence-corrected chi connectivity index (χ3v) is 4.38. The van der Waals surface area contributed by atoms with E-state index in [1.54, 1.807) is 0 Å². The molecule has 4 nitrogen and oxygen atoms in total. The highest BCUT2D eigenvalue weighted by Crippen LogP contribution is 2.22. The van der Waals surface area contributed by atoms with Crippen LogP contribution in [0.1, 0.15) is 32.3 Å². The molecule has 1 aromatic carbocycles. The molecular weight excluding hydrogens is 423 g/mol. The van der Waals surface area contributed by atoms with E-state index in [0.717, 1.165) is 31.2 Å². The van der Waals surface area contributed by atoms with Crippen molar-refractivity contribution in [1.82, 2.24) is 10.2 Å². The predicted octanol–water partition coefficient (Wildman–Crippen LogP) is 3.48. The zero-order valence-electron chi connectivity index (χ0n) is 14.0. The minimum atomic E-state index is 0. The molecular formula is C17H28ClIN4. The normalized spacial score (nSPS) is 17.1. The summed E-state index contributed by atoms with van der Waals surface area (Å²) in [5.41, 5.74) is 7.07. The van der Waals surface area contributed by atoms with E-state index in [4.69, 9.17) is 17.3 Å². The van der Waals surface area contributed by atoms with E-state index in [-0.39, 0.29) is 24.0 Å². The number of likely N-dealkylation sites (tertiary alicyclic amines) is 1. The number of aliphatic imine (C=N–C) groups is 1. The fraction of sp³-hybridized carbons (Fsp3) is 0.588. The van der Waals surface area contributed by atoms with E-state index in [0.29, 0.717) is 17.9 Å². The number of hydrogen-bond donors (Lipinski definition) is 2. The summed E-state index contributed by atoms with van der Waals surface area (Å²) < 4.78 is 0. The van der Waals surface area contributed by atoms with Gasteiger partial charge in [-0.3, -0.25) is 9.89 Å². The Labute approximate surface area is 161 Å². The van der Waals surface area contributed by atoms with Crippen LogP contribution in [-0.4, -0.2) is 36.5 Å². The maximum absolute atomic E-state index is 6.23. The van der Waals surface area contributed by atoms with Gasteiger partial charge in [0.2, 0.25) is 0 Å². The lowest BCUT2D eigenvalue weighted by atomic mass is 9.96. The highest BCUT2D eigenvalue weighted by Gasteiger charge is 2.19. The van der Waals surface area contributed by atoms with Gasteiger partial charge in [0.15, 0.2) is 5.96 Å². The molecule has 6 heteroatoms. The van der Waals surface area contributed by atoms with Crippen LogP contribution in [0.3, 0.4) is 0 Å². The molecule has 0 aromatic heterocycles. The van der Waals surface area contributed by atoms with E-state index in [1.807, 2.05) is 18.2 Å². The van der Waals surface area contributed by atoms with Crippen LogP contribution in [0, 0.1) is 5.92 Å². The van der Waals surface area contributed by atoms with Gasteiger partial charge in [0.05, 0.1) is 0 Å². The molecule has 0 aliphatic carbocycles. The molecule has 1 aliphatic heterocycles. The molecule has 0 saturated carbocycles. The van der Waals surface area contributed by atoms with Crippen molar-refractivity contribution in [2.75, 3.05) is 19.6 Å². The smallest absolute Gasteiger partial charge is 0.188 e. The monoisotopic (exact) mass is 450 g/mol. The number of halogens is 2. The Morgan fingerprint density at radius 2 is 2.00 bits per heavy atom. The molecule has 0 radical (unpaired) electrons. The van der Waals surface area contributed by atoms with Crippen LogP contribution >= 0.6 is 35.6 Å². The number of benzene rings is 1. The van der Waals surface area contributed by atoms with Gasteiger partial charge in [0.25, 0.3) is 0 Å². The van der Waals surface area contributed by atoms with Gasteiger partial charge >= 0.3 is 0 Å². The topological polar surface area (TPSA) is 53.6 Å². The van der Waals surface area contributed by atoms with Crippen molar-refractivity contribution in [3.8, 4) is 0 Å². The number of piperidine rings is 1. The van der Waals surface area contributed by atoms with E-state index < -0.39 is 0 Å². The highest BCUT2D eigenvalue weighted by molar-refractivity contribution is 14.0. The third-order valence-electron chi connectivity index (χ3n) is 4.02. The first-order valence-corrected chi connectivity index (χ1v) is 8.44. The van der Waals surface area contributed by atoms with Gasteiger partial charge in [0, 0.05) is 24.2 Å². The van der Waals surface area contributed by atoms with Crippen molar-refractivity contribution in [1.29, 1.82) is 0 Å². The van der Waals surface area contributed by atoms with Gasteiger partial charge in [0.1, 0.15) is 0 Å². The van der Waals surface area contributed by atoms with Gasteiger partial charge < -0.3 is 11.1 Å². The molecule has 0 atom stereocenters. The maximum atomic E-state index is 6.23. The Morgan fingerprint density at radius 3 is 2.61 bits per heavy atom.